The molecule has 1 aliphatic heterocycles. The van der Waals surface area contributed by atoms with Crippen LogP contribution in [0.4, 0.5) is 0 Å². The highest BCUT2D eigenvalue weighted by molar-refractivity contribution is 5.84. The molecule has 0 spiro atoms. The number of nitrogens with one attached hydrogen (secondary N) is 1. The summed E-state index contributed by atoms with van der Waals surface area (Å²) < 4.78 is 5.28. The van der Waals surface area contributed by atoms with Crippen LogP contribution in [0.3, 0.4) is 0 Å². The van der Waals surface area contributed by atoms with Gasteiger partial charge in [-0.25, -0.2) is 0 Å². The van der Waals surface area contributed by atoms with E-state index in [0.29, 0.717) is 26.3 Å². The lowest BCUT2D eigenvalue weighted by molar-refractivity contribution is -0.137. The van der Waals surface area contributed by atoms with Crippen LogP contribution in [0.15, 0.2) is 18.3 Å². The van der Waals surface area contributed by atoms with Crippen molar-refractivity contribution in [2.24, 2.45) is 5.92 Å². The van der Waals surface area contributed by atoms with Crippen LogP contribution in [0.1, 0.15) is 62.1 Å². The fraction of sp³-hybridized carbons (Fsp3) is 0.652. The fourth-order valence-corrected chi connectivity index (χ4v) is 4.54. The van der Waals surface area contributed by atoms with Crippen molar-refractivity contribution in [1.82, 2.24) is 15.2 Å². The molecule has 0 bridgehead atoms. The molecular formula is C23H32N4O3. The van der Waals surface area contributed by atoms with Crippen molar-refractivity contribution >= 4 is 11.8 Å². The van der Waals surface area contributed by atoms with Crippen LogP contribution in [-0.4, -0.2) is 54.0 Å². The maximum atomic E-state index is 12.8. The van der Waals surface area contributed by atoms with Gasteiger partial charge in [-0.15, -0.1) is 0 Å². The molecule has 3 rings (SSSR count). The Hall–Kier alpha value is -2.46. The summed E-state index contributed by atoms with van der Waals surface area (Å²) in [6.45, 7) is 4.18. The van der Waals surface area contributed by atoms with E-state index in [4.69, 9.17) is 4.74 Å². The summed E-state index contributed by atoms with van der Waals surface area (Å²) in [6, 6.07) is 5.98. The number of carbonyl (C=O) groups is 2. The molecule has 2 amide bonds. The number of morpholine rings is 1. The number of ether oxygens (including phenoxy) is 1. The zero-order valence-corrected chi connectivity index (χ0v) is 17.8. The SMILES string of the molecule is Cc1cc([C@H](C#N)[C@H](NC(=O)CCC(=O)N2CCOCC2)C2CCCCC2)ccn1. The van der Waals surface area contributed by atoms with Gasteiger partial charge < -0.3 is 15.0 Å². The van der Waals surface area contributed by atoms with E-state index in [2.05, 4.69) is 16.4 Å². The number of aryl methyl sites for hydroxylation is 1. The van der Waals surface area contributed by atoms with E-state index in [9.17, 15) is 14.9 Å². The number of nitrogens with zero attached hydrogens (tertiary/aromatic N) is 3. The summed E-state index contributed by atoms with van der Waals surface area (Å²) in [7, 11) is 0. The molecule has 1 aromatic rings. The normalized spacial score (nSPS) is 19.5. The van der Waals surface area contributed by atoms with E-state index in [1.54, 1.807) is 11.1 Å². The third-order valence-electron chi connectivity index (χ3n) is 6.19. The highest BCUT2D eigenvalue weighted by atomic mass is 16.5. The number of rotatable bonds is 7. The minimum absolute atomic E-state index is 0.00995. The smallest absolute Gasteiger partial charge is 0.223 e. The molecule has 2 heterocycles. The lowest BCUT2D eigenvalue weighted by Crippen LogP contribution is -2.45. The molecular weight excluding hydrogens is 380 g/mol. The minimum Gasteiger partial charge on any atom is -0.378 e. The monoisotopic (exact) mass is 412 g/mol. The van der Waals surface area contributed by atoms with Crippen molar-refractivity contribution < 1.29 is 14.3 Å². The number of nitriles is 1. The first-order valence-corrected chi connectivity index (χ1v) is 11.1. The van der Waals surface area contributed by atoms with Gasteiger partial charge in [0.05, 0.1) is 31.2 Å². The second-order valence-electron chi connectivity index (χ2n) is 8.32. The number of aromatic nitrogens is 1. The zero-order valence-electron chi connectivity index (χ0n) is 17.8. The predicted octanol–water partition coefficient (Wildman–Crippen LogP) is 2.70. The molecule has 7 nitrogen and oxygen atoms in total. The third-order valence-corrected chi connectivity index (χ3v) is 6.19. The van der Waals surface area contributed by atoms with Gasteiger partial charge in [0.2, 0.25) is 11.8 Å². The van der Waals surface area contributed by atoms with E-state index >= 15 is 0 Å². The Morgan fingerprint density at radius 2 is 2.00 bits per heavy atom. The van der Waals surface area contributed by atoms with Crippen molar-refractivity contribution in [2.45, 2.75) is 63.8 Å². The fourth-order valence-electron chi connectivity index (χ4n) is 4.54. The van der Waals surface area contributed by atoms with Crippen molar-refractivity contribution in [2.75, 3.05) is 26.3 Å². The van der Waals surface area contributed by atoms with Gasteiger partial charge >= 0.3 is 0 Å². The average Bonchev–Trinajstić information content (AvgIpc) is 2.78. The molecule has 0 aromatic carbocycles. The predicted molar refractivity (Wildman–Crippen MR) is 112 cm³/mol. The Kier molecular flexibility index (Phi) is 8.21. The first-order chi connectivity index (χ1) is 14.6. The molecule has 0 unspecified atom stereocenters. The number of carbonyl (C=O) groups excluding carboxylic acids is 2. The summed E-state index contributed by atoms with van der Waals surface area (Å²) in [6.07, 6.45) is 7.54. The van der Waals surface area contributed by atoms with Gasteiger partial charge in [-0.1, -0.05) is 19.3 Å². The standard InChI is InChI=1S/C23H32N4O3/c1-17-15-19(9-10-25-17)20(16-24)23(18-5-3-2-4-6-18)26-21(28)7-8-22(29)27-11-13-30-14-12-27/h9-10,15,18,20,23H,2-8,11-14H2,1H3,(H,26,28)/t20-,23+/m0/s1. The Balaban J connectivity index is 1.66. The average molecular weight is 413 g/mol. The maximum Gasteiger partial charge on any atom is 0.223 e. The number of pyridine rings is 1. The molecule has 1 saturated carbocycles. The van der Waals surface area contributed by atoms with Gasteiger partial charge in [-0.3, -0.25) is 14.6 Å². The molecule has 2 aliphatic rings. The van der Waals surface area contributed by atoms with Gasteiger partial charge in [0.25, 0.3) is 0 Å². The highest BCUT2D eigenvalue weighted by Crippen LogP contribution is 2.33. The second-order valence-corrected chi connectivity index (χ2v) is 8.32. The molecule has 1 saturated heterocycles. The molecule has 2 atom stereocenters. The summed E-state index contributed by atoms with van der Waals surface area (Å²) in [4.78, 5) is 31.1. The molecule has 7 heteroatoms. The van der Waals surface area contributed by atoms with Gasteiger partial charge in [0.1, 0.15) is 0 Å². The highest BCUT2D eigenvalue weighted by Gasteiger charge is 2.33. The molecule has 1 aromatic heterocycles. The molecule has 1 N–H and O–H groups in total. The number of hydrogen-bond acceptors (Lipinski definition) is 5. The Labute approximate surface area is 178 Å². The van der Waals surface area contributed by atoms with Crippen LogP contribution >= 0.6 is 0 Å². The third kappa shape index (κ3) is 6.02. The molecule has 30 heavy (non-hydrogen) atoms. The van der Waals surface area contributed by atoms with Crippen molar-refractivity contribution in [3.8, 4) is 6.07 Å². The van der Waals surface area contributed by atoms with Crippen LogP contribution in [-0.2, 0) is 14.3 Å². The summed E-state index contributed by atoms with van der Waals surface area (Å²) in [5.41, 5.74) is 1.75. The van der Waals surface area contributed by atoms with Gasteiger partial charge in [-0.05, 0) is 43.4 Å². The lowest BCUT2D eigenvalue weighted by Gasteiger charge is -2.34. The first-order valence-electron chi connectivity index (χ1n) is 11.1. The Bertz CT molecular complexity index is 764. The van der Waals surface area contributed by atoms with E-state index < -0.39 is 5.92 Å². The lowest BCUT2D eigenvalue weighted by atomic mass is 9.77. The number of hydrogen-bond donors (Lipinski definition) is 1. The first kappa shape index (κ1) is 22.2. The van der Waals surface area contributed by atoms with Crippen molar-refractivity contribution in [3.05, 3.63) is 29.6 Å². The molecule has 1 aliphatic carbocycles. The Morgan fingerprint density at radius 1 is 1.27 bits per heavy atom. The van der Waals surface area contributed by atoms with E-state index in [1.807, 2.05) is 19.1 Å². The summed E-state index contributed by atoms with van der Waals surface area (Å²) in [5, 5.41) is 13.1. The van der Waals surface area contributed by atoms with E-state index in [-0.39, 0.29) is 36.6 Å². The zero-order chi connectivity index (χ0) is 21.3. The van der Waals surface area contributed by atoms with Crippen LogP contribution in [0.2, 0.25) is 0 Å². The number of amides is 2. The molecule has 2 fully saturated rings. The van der Waals surface area contributed by atoms with Gasteiger partial charge in [-0.2, -0.15) is 5.26 Å². The van der Waals surface area contributed by atoms with E-state index in [1.165, 1.54) is 6.42 Å². The Morgan fingerprint density at radius 3 is 2.67 bits per heavy atom. The summed E-state index contributed by atoms with van der Waals surface area (Å²) >= 11 is 0. The van der Waals surface area contributed by atoms with Crippen molar-refractivity contribution in [3.63, 3.8) is 0 Å². The van der Waals surface area contributed by atoms with Crippen molar-refractivity contribution in [1.29, 1.82) is 5.26 Å². The molecule has 0 radical (unpaired) electrons. The maximum absolute atomic E-state index is 12.8. The minimum atomic E-state index is -0.423. The quantitative estimate of drug-likeness (QED) is 0.743. The van der Waals surface area contributed by atoms with Crippen LogP contribution in [0.5, 0.6) is 0 Å². The molecule has 162 valence electrons. The van der Waals surface area contributed by atoms with Gasteiger partial charge in [0.15, 0.2) is 0 Å². The largest absolute Gasteiger partial charge is 0.378 e. The van der Waals surface area contributed by atoms with E-state index in [0.717, 1.165) is 36.9 Å². The van der Waals surface area contributed by atoms with Crippen LogP contribution < -0.4 is 5.32 Å². The topological polar surface area (TPSA) is 95.3 Å². The summed E-state index contributed by atoms with van der Waals surface area (Å²) in [5.74, 6) is -0.313. The second kappa shape index (κ2) is 11.1. The van der Waals surface area contributed by atoms with Crippen LogP contribution in [0.25, 0.3) is 0 Å². The van der Waals surface area contributed by atoms with Crippen LogP contribution in [0, 0.1) is 24.2 Å². The van der Waals surface area contributed by atoms with Gasteiger partial charge in [0, 0.05) is 37.8 Å².